The van der Waals surface area contributed by atoms with Crippen LogP contribution < -0.4 is 36.5 Å². The molecule has 7 atom stereocenters. The number of carboxylic acid groups (broad SMARTS) is 1. The molecular weight excluding hydrogens is 917 g/mol. The quantitative estimate of drug-likeness (QED) is 0.0402. The van der Waals surface area contributed by atoms with Gasteiger partial charge in [0, 0.05) is 37.0 Å². The highest BCUT2D eigenvalue weighted by molar-refractivity contribution is 7.81. The van der Waals surface area contributed by atoms with E-state index in [0.29, 0.717) is 29.5 Å². The molecule has 22 heteroatoms. The van der Waals surface area contributed by atoms with Gasteiger partial charge in [0.1, 0.15) is 36.0 Å². The number of likely N-dealkylation sites (N-methyl/N-ethyl adjacent to an activating group) is 1. The average molecular weight is 977 g/mol. The summed E-state index contributed by atoms with van der Waals surface area (Å²) < 4.78 is 35.3. The molecule has 0 aliphatic carbocycles. The van der Waals surface area contributed by atoms with E-state index in [1.165, 1.54) is 31.3 Å². The minimum atomic E-state index is -4.75. The molecule has 372 valence electrons. The van der Waals surface area contributed by atoms with Gasteiger partial charge in [0.15, 0.2) is 0 Å². The SMILES string of the molecule is CC[C@H](C)[C@H](NC(=O)Cc1ccc(OS(=O)(=O)O)cc1)C(=O)NCC(=O)N[C@@H](Cc1c[nH]c2ccccc12)C(=O)N[C@H](C(=O)N(C)[C@@H](CC(=O)O)C(=O)N[C@@H](Cc1ccccc1)C(N)=O)[C@@H](C)CC. The fourth-order valence-electron chi connectivity index (χ4n) is 7.37. The van der Waals surface area contributed by atoms with Crippen molar-refractivity contribution in [3.05, 3.63) is 102 Å². The molecule has 0 saturated heterocycles. The van der Waals surface area contributed by atoms with Crippen LogP contribution in [0.3, 0.4) is 0 Å². The number of benzene rings is 3. The number of fused-ring (bicyclic) bond motifs is 1. The summed E-state index contributed by atoms with van der Waals surface area (Å²) >= 11 is 0. The summed E-state index contributed by atoms with van der Waals surface area (Å²) in [5.74, 6) is -8.18. The van der Waals surface area contributed by atoms with E-state index in [2.05, 4.69) is 35.8 Å². The van der Waals surface area contributed by atoms with Gasteiger partial charge in [0.05, 0.1) is 19.4 Å². The van der Waals surface area contributed by atoms with E-state index in [0.717, 1.165) is 15.8 Å². The summed E-state index contributed by atoms with van der Waals surface area (Å²) in [6.45, 7) is 6.31. The molecule has 0 aliphatic heterocycles. The van der Waals surface area contributed by atoms with Crippen LogP contribution in [0, 0.1) is 11.8 Å². The molecule has 0 saturated carbocycles. The highest BCUT2D eigenvalue weighted by Crippen LogP contribution is 2.21. The van der Waals surface area contributed by atoms with Crippen LogP contribution in [0.2, 0.25) is 0 Å². The minimum Gasteiger partial charge on any atom is -0.481 e. The number of carbonyl (C=O) groups excluding carboxylic acids is 7. The van der Waals surface area contributed by atoms with Gasteiger partial charge in [-0.15, -0.1) is 0 Å². The maximum atomic E-state index is 14.4. The van der Waals surface area contributed by atoms with Crippen molar-refractivity contribution in [2.75, 3.05) is 13.6 Å². The largest absolute Gasteiger partial charge is 0.481 e. The molecule has 3 aromatic carbocycles. The molecule has 0 unspecified atom stereocenters. The number of amides is 7. The zero-order valence-corrected chi connectivity index (χ0v) is 39.7. The van der Waals surface area contributed by atoms with Crippen LogP contribution >= 0.6 is 0 Å². The van der Waals surface area contributed by atoms with E-state index < -0.39 is 113 Å². The number of rotatable bonds is 26. The number of nitrogens with two attached hydrogens (primary N) is 1. The Hall–Kier alpha value is -7.33. The third-order valence-electron chi connectivity index (χ3n) is 11.7. The molecule has 21 nitrogen and oxygen atoms in total. The molecule has 0 aliphatic rings. The fraction of sp³-hybridized carbons (Fsp3) is 0.404. The first-order chi connectivity index (χ1) is 32.6. The van der Waals surface area contributed by atoms with Crippen molar-refractivity contribution in [2.45, 2.75) is 96.4 Å². The van der Waals surface area contributed by atoms with Gasteiger partial charge in [-0.2, -0.15) is 8.42 Å². The van der Waals surface area contributed by atoms with Crippen LogP contribution in [0.4, 0.5) is 0 Å². The number of primary amides is 1. The smallest absolute Gasteiger partial charge is 0.446 e. The zero-order valence-electron chi connectivity index (χ0n) is 38.9. The van der Waals surface area contributed by atoms with Gasteiger partial charge in [-0.1, -0.05) is 101 Å². The van der Waals surface area contributed by atoms with E-state index >= 15 is 0 Å². The summed E-state index contributed by atoms with van der Waals surface area (Å²) in [5, 5.41) is 23.6. The number of H-pyrrole nitrogens is 1. The normalized spacial score (nSPS) is 14.3. The Morgan fingerprint density at radius 2 is 1.35 bits per heavy atom. The Labute approximate surface area is 399 Å². The number of carboxylic acids is 1. The Morgan fingerprint density at radius 1 is 0.725 bits per heavy atom. The molecule has 1 heterocycles. The lowest BCUT2D eigenvalue weighted by Crippen LogP contribution is -2.60. The summed E-state index contributed by atoms with van der Waals surface area (Å²) in [5.41, 5.74) is 8.06. The third kappa shape index (κ3) is 16.5. The lowest BCUT2D eigenvalue weighted by Gasteiger charge is -2.33. The van der Waals surface area contributed by atoms with Gasteiger partial charge in [0.25, 0.3) is 0 Å². The van der Waals surface area contributed by atoms with E-state index in [1.54, 1.807) is 70.3 Å². The second kappa shape index (κ2) is 25.2. The van der Waals surface area contributed by atoms with Gasteiger partial charge in [-0.05, 0) is 46.7 Å². The molecule has 10 N–H and O–H groups in total. The van der Waals surface area contributed by atoms with Crippen molar-refractivity contribution < 1.29 is 60.6 Å². The number of aliphatic carboxylic acids is 1. The topological polar surface area (TPSA) is 326 Å². The second-order valence-corrected chi connectivity index (χ2v) is 17.8. The molecule has 0 fully saturated rings. The third-order valence-corrected chi connectivity index (χ3v) is 12.1. The maximum absolute atomic E-state index is 14.4. The molecular formula is C47H60N8O13S. The van der Waals surface area contributed by atoms with Gasteiger partial charge in [-0.25, -0.2) is 0 Å². The Morgan fingerprint density at radius 3 is 1.96 bits per heavy atom. The molecule has 4 aromatic rings. The summed E-state index contributed by atoms with van der Waals surface area (Å²) in [6, 6.07) is 14.4. The van der Waals surface area contributed by atoms with Crippen molar-refractivity contribution in [3.63, 3.8) is 0 Å². The molecule has 7 amide bonds. The van der Waals surface area contributed by atoms with Gasteiger partial charge in [-0.3, -0.25) is 42.9 Å². The first-order valence-electron chi connectivity index (χ1n) is 22.2. The van der Waals surface area contributed by atoms with Crippen LogP contribution in [0.25, 0.3) is 10.9 Å². The number of nitrogens with zero attached hydrogens (tertiary/aromatic N) is 1. The Bertz CT molecular complexity index is 2570. The van der Waals surface area contributed by atoms with Crippen molar-refractivity contribution in [1.29, 1.82) is 0 Å². The monoisotopic (exact) mass is 976 g/mol. The van der Waals surface area contributed by atoms with Crippen molar-refractivity contribution in [3.8, 4) is 5.75 Å². The zero-order chi connectivity index (χ0) is 51.0. The van der Waals surface area contributed by atoms with Crippen molar-refractivity contribution in [1.82, 2.24) is 36.5 Å². The molecule has 1 aromatic heterocycles. The summed E-state index contributed by atoms with van der Waals surface area (Å²) in [6.07, 6.45) is 1.27. The second-order valence-electron chi connectivity index (χ2n) is 16.8. The van der Waals surface area contributed by atoms with Gasteiger partial charge in [0.2, 0.25) is 41.4 Å². The molecule has 4 rings (SSSR count). The van der Waals surface area contributed by atoms with Crippen molar-refractivity contribution >= 4 is 68.6 Å². The lowest BCUT2D eigenvalue weighted by molar-refractivity contribution is -0.148. The number of hydrogen-bond donors (Lipinski definition) is 9. The number of nitrogens with one attached hydrogen (secondary N) is 6. The molecule has 69 heavy (non-hydrogen) atoms. The van der Waals surface area contributed by atoms with Crippen LogP contribution in [0.1, 0.15) is 63.6 Å². The van der Waals surface area contributed by atoms with E-state index in [9.17, 15) is 51.9 Å². The van der Waals surface area contributed by atoms with E-state index in [1.807, 2.05) is 18.2 Å². The lowest BCUT2D eigenvalue weighted by atomic mass is 9.95. The first kappa shape index (κ1) is 54.3. The van der Waals surface area contributed by atoms with Crippen molar-refractivity contribution in [2.24, 2.45) is 17.6 Å². The number of aromatic nitrogens is 1. The van der Waals surface area contributed by atoms with Gasteiger partial charge >= 0.3 is 16.4 Å². The number of carbonyl (C=O) groups is 8. The summed E-state index contributed by atoms with van der Waals surface area (Å²) in [4.78, 5) is 111. The Balaban J connectivity index is 1.52. The van der Waals surface area contributed by atoms with Crippen LogP contribution in [0.15, 0.2) is 85.1 Å². The molecule has 0 radical (unpaired) electrons. The number of hydrogen-bond acceptors (Lipinski definition) is 11. The molecule has 0 bridgehead atoms. The van der Waals surface area contributed by atoms with Crippen LogP contribution in [-0.4, -0.2) is 119 Å². The predicted octanol–water partition coefficient (Wildman–Crippen LogP) is 1.31. The maximum Gasteiger partial charge on any atom is 0.446 e. The van der Waals surface area contributed by atoms with Crippen LogP contribution in [0.5, 0.6) is 5.75 Å². The summed E-state index contributed by atoms with van der Waals surface area (Å²) in [7, 11) is -3.55. The van der Waals surface area contributed by atoms with Crippen LogP contribution in [-0.2, 0) is 68.0 Å². The average Bonchev–Trinajstić information content (AvgIpc) is 3.72. The van der Waals surface area contributed by atoms with Gasteiger partial charge < -0.3 is 51.5 Å². The predicted molar refractivity (Wildman–Crippen MR) is 252 cm³/mol. The van der Waals surface area contributed by atoms with E-state index in [4.69, 9.17) is 10.3 Å². The highest BCUT2D eigenvalue weighted by atomic mass is 32.3. The number of para-hydroxylation sites is 1. The number of aromatic amines is 1. The molecule has 0 spiro atoms. The fourth-order valence-corrected chi connectivity index (χ4v) is 7.72. The first-order valence-corrected chi connectivity index (χ1v) is 23.6. The Kier molecular flexibility index (Phi) is 19.8. The minimum absolute atomic E-state index is 0.00725. The van der Waals surface area contributed by atoms with E-state index in [-0.39, 0.29) is 25.0 Å². The standard InChI is InChI=1S/C47H60N8O13S/c1-6-27(3)41(53-38(56)22-30-17-19-32(20-18-30)68-69(65,66)67)46(63)50-26-39(57)51-36(23-31-25-49-34-16-12-11-15-33(31)34)44(61)54-42(28(4)7-2)47(64)55(5)37(24-40(58)59)45(62)52-35(43(48)60)21-29-13-9-8-10-14-29/h8-20,25,27-28,35-37,41-42,49H,6-7,21-24,26H2,1-5H3,(H2,48,60)(H,50,63)(H,51,57)(H,52,62)(H,53,56)(H,54,61)(H,58,59)(H,65,66,67)/t27-,28-,35-,36-,37-,41-,42-/m0/s1. The highest BCUT2D eigenvalue weighted by Gasteiger charge is 2.38.